The van der Waals surface area contributed by atoms with E-state index in [-0.39, 0.29) is 11.1 Å². The summed E-state index contributed by atoms with van der Waals surface area (Å²) in [6, 6.07) is 1.25. The monoisotopic (exact) mass is 214 g/mol. The van der Waals surface area contributed by atoms with Gasteiger partial charge in [0.2, 0.25) is 11.8 Å². The molecule has 3 nitrogen and oxygen atoms in total. The van der Waals surface area contributed by atoms with Crippen LogP contribution in [0.5, 0.6) is 0 Å². The van der Waals surface area contributed by atoms with Gasteiger partial charge in [0.15, 0.2) is 11.5 Å². The van der Waals surface area contributed by atoms with Crippen molar-refractivity contribution < 1.29 is 8.79 Å². The van der Waals surface area contributed by atoms with E-state index in [0.29, 0.717) is 11.2 Å². The van der Waals surface area contributed by atoms with Crippen molar-refractivity contribution in [1.29, 1.82) is 0 Å². The van der Waals surface area contributed by atoms with Crippen molar-refractivity contribution in [1.82, 2.24) is 4.98 Å². The molecule has 0 saturated heterocycles. The number of rotatable bonds is 1. The van der Waals surface area contributed by atoms with Crippen molar-refractivity contribution in [3.8, 4) is 0 Å². The number of hydrogen-bond acceptors (Lipinski definition) is 1. The maximum absolute atomic E-state index is 13.6. The number of aromatic amines is 1. The first-order valence-electron chi connectivity index (χ1n) is 4.23. The van der Waals surface area contributed by atoms with E-state index in [1.165, 1.54) is 6.07 Å². The molecule has 0 spiro atoms. The predicted octanol–water partition coefficient (Wildman–Crippen LogP) is 1.57. The van der Waals surface area contributed by atoms with Gasteiger partial charge in [0.25, 0.3) is 0 Å². The fraction of sp³-hybridized carbons (Fsp3) is 0.222. The molecule has 1 unspecified atom stereocenters. The van der Waals surface area contributed by atoms with Crippen LogP contribution in [0.3, 0.4) is 0 Å². The molecule has 3 N–H and O–H groups in total. The number of nitrogens with zero attached hydrogens (tertiary/aromatic N) is 1. The van der Waals surface area contributed by atoms with E-state index in [1.54, 1.807) is 23.8 Å². The van der Waals surface area contributed by atoms with E-state index >= 15 is 0 Å². The van der Waals surface area contributed by atoms with Crippen molar-refractivity contribution in [2.24, 2.45) is 5.73 Å². The van der Waals surface area contributed by atoms with Crippen molar-refractivity contribution in [2.75, 3.05) is 0 Å². The Bertz CT molecular complexity index is 478. The Hall–Kier alpha value is -1.13. The summed E-state index contributed by atoms with van der Waals surface area (Å²) in [5.41, 5.74) is 6.74. The number of aromatic nitrogens is 2. The Morgan fingerprint density at radius 3 is 3.00 bits per heavy atom. The van der Waals surface area contributed by atoms with E-state index in [1.807, 2.05) is 0 Å². The minimum atomic E-state index is -0.442. The number of halogens is 2. The van der Waals surface area contributed by atoms with Gasteiger partial charge in [0.05, 0.1) is 17.3 Å². The predicted molar refractivity (Wildman–Crippen MR) is 51.5 cm³/mol. The fourth-order valence-corrected chi connectivity index (χ4v) is 1.59. The normalized spacial score (nSPS) is 13.4. The molecule has 5 heteroatoms. The number of imidazole rings is 1. The van der Waals surface area contributed by atoms with Gasteiger partial charge in [-0.1, -0.05) is 11.6 Å². The molecule has 2 aromatic heterocycles. The second kappa shape index (κ2) is 3.22. The molecule has 0 bridgehead atoms. The lowest BCUT2D eigenvalue weighted by Crippen LogP contribution is -2.20. The second-order valence-corrected chi connectivity index (χ2v) is 3.62. The number of hydrogen-bond donors (Lipinski definition) is 2. The molecular weight excluding hydrogens is 205 g/mol. The van der Waals surface area contributed by atoms with Crippen LogP contribution in [0.25, 0.3) is 5.52 Å². The summed E-state index contributed by atoms with van der Waals surface area (Å²) in [5.74, 6) is -0.442. The highest BCUT2D eigenvalue weighted by atomic mass is 35.5. The summed E-state index contributed by atoms with van der Waals surface area (Å²) in [5, 5.41) is 0.103. The van der Waals surface area contributed by atoms with E-state index in [2.05, 4.69) is 4.98 Å². The molecule has 2 heterocycles. The topological polar surface area (TPSA) is 45.9 Å². The Balaban J connectivity index is 2.82. The molecule has 0 aromatic carbocycles. The Kier molecular flexibility index (Phi) is 2.17. The molecule has 0 aliphatic heterocycles. The summed E-state index contributed by atoms with van der Waals surface area (Å²) in [7, 11) is 0. The van der Waals surface area contributed by atoms with Gasteiger partial charge in [-0.05, 0) is 13.0 Å². The lowest BCUT2D eigenvalue weighted by Gasteiger charge is -1.98. The Labute approximate surface area is 85.3 Å². The van der Waals surface area contributed by atoms with Gasteiger partial charge < -0.3 is 5.73 Å². The molecule has 0 aliphatic rings. The van der Waals surface area contributed by atoms with E-state index in [4.69, 9.17) is 17.3 Å². The summed E-state index contributed by atoms with van der Waals surface area (Å²) in [6.07, 6.45) is 3.33. The van der Waals surface area contributed by atoms with Crippen molar-refractivity contribution in [2.45, 2.75) is 13.0 Å². The van der Waals surface area contributed by atoms with Gasteiger partial charge in [0, 0.05) is 0 Å². The lowest BCUT2D eigenvalue weighted by atomic mass is 10.2. The largest absolute Gasteiger partial charge is 0.321 e. The zero-order chi connectivity index (χ0) is 10.3. The van der Waals surface area contributed by atoms with Gasteiger partial charge in [-0.15, -0.1) is 0 Å². The zero-order valence-corrected chi connectivity index (χ0v) is 8.35. The van der Waals surface area contributed by atoms with Crippen LogP contribution < -0.4 is 10.1 Å². The van der Waals surface area contributed by atoms with Gasteiger partial charge in [-0.3, -0.25) is 0 Å². The molecular formula is C9H10ClFN3+. The summed E-state index contributed by atoms with van der Waals surface area (Å²) >= 11 is 5.68. The number of H-pyrrole nitrogens is 1. The fourth-order valence-electron chi connectivity index (χ4n) is 1.44. The quantitative estimate of drug-likeness (QED) is 0.696. The smallest absolute Gasteiger partial charge is 0.247 e. The highest BCUT2D eigenvalue weighted by Crippen LogP contribution is 2.20. The van der Waals surface area contributed by atoms with Crippen LogP contribution >= 0.6 is 11.6 Å². The Morgan fingerprint density at radius 1 is 1.64 bits per heavy atom. The summed E-state index contributed by atoms with van der Waals surface area (Å²) in [6.45, 7) is 1.78. The SMILES string of the molecule is CC(N)c1[nH]c[n+]2ccc(Cl)c(F)c12. The van der Waals surface area contributed by atoms with Gasteiger partial charge in [0.1, 0.15) is 0 Å². The van der Waals surface area contributed by atoms with Crippen LogP contribution in [-0.2, 0) is 0 Å². The van der Waals surface area contributed by atoms with Crippen LogP contribution in [0.15, 0.2) is 18.6 Å². The highest BCUT2D eigenvalue weighted by molar-refractivity contribution is 6.31. The maximum Gasteiger partial charge on any atom is 0.247 e. The highest BCUT2D eigenvalue weighted by Gasteiger charge is 2.20. The van der Waals surface area contributed by atoms with E-state index < -0.39 is 5.82 Å². The molecule has 0 radical (unpaired) electrons. The molecule has 0 aliphatic carbocycles. The summed E-state index contributed by atoms with van der Waals surface area (Å²) < 4.78 is 15.2. The average molecular weight is 215 g/mol. The molecule has 2 aromatic rings. The van der Waals surface area contributed by atoms with Crippen LogP contribution in [-0.4, -0.2) is 4.98 Å². The summed E-state index contributed by atoms with van der Waals surface area (Å²) in [4.78, 5) is 2.92. The van der Waals surface area contributed by atoms with Crippen LogP contribution in [0.4, 0.5) is 4.39 Å². The average Bonchev–Trinajstić information content (AvgIpc) is 2.55. The molecule has 0 fully saturated rings. The minimum absolute atomic E-state index is 0.103. The number of fused-ring (bicyclic) bond motifs is 1. The van der Waals surface area contributed by atoms with E-state index in [9.17, 15) is 4.39 Å². The Morgan fingerprint density at radius 2 is 2.36 bits per heavy atom. The first kappa shape index (κ1) is 9.43. The van der Waals surface area contributed by atoms with Gasteiger partial charge in [-0.2, -0.15) is 4.40 Å². The number of pyridine rings is 1. The molecule has 1 atom stereocenters. The molecule has 2 rings (SSSR count). The van der Waals surface area contributed by atoms with Crippen molar-refractivity contribution in [3.63, 3.8) is 0 Å². The number of nitrogens with two attached hydrogens (primary N) is 1. The third kappa shape index (κ3) is 1.27. The standard InChI is InChI=1S/C9H9ClFN3/c1-5(12)8-9-7(11)6(10)2-3-14(9)4-13-8/h2-5H,12H2,1H3/p+1. The third-order valence-corrected chi connectivity index (χ3v) is 2.42. The molecule has 14 heavy (non-hydrogen) atoms. The third-order valence-electron chi connectivity index (χ3n) is 2.13. The second-order valence-electron chi connectivity index (χ2n) is 3.21. The van der Waals surface area contributed by atoms with Gasteiger partial charge >= 0.3 is 0 Å². The maximum atomic E-state index is 13.6. The van der Waals surface area contributed by atoms with Gasteiger partial charge in [-0.25, -0.2) is 9.37 Å². The van der Waals surface area contributed by atoms with Crippen molar-refractivity contribution in [3.05, 3.63) is 35.1 Å². The first-order chi connectivity index (χ1) is 6.61. The molecule has 0 saturated carbocycles. The van der Waals surface area contributed by atoms with Crippen LogP contribution in [0, 0.1) is 5.82 Å². The minimum Gasteiger partial charge on any atom is -0.321 e. The van der Waals surface area contributed by atoms with Crippen molar-refractivity contribution >= 4 is 17.1 Å². The zero-order valence-electron chi connectivity index (χ0n) is 7.59. The number of nitrogens with one attached hydrogen (secondary N) is 1. The molecule has 0 amide bonds. The first-order valence-corrected chi connectivity index (χ1v) is 4.61. The van der Waals surface area contributed by atoms with Crippen LogP contribution in [0.2, 0.25) is 5.02 Å². The lowest BCUT2D eigenvalue weighted by molar-refractivity contribution is -0.512. The molecule has 74 valence electrons. The van der Waals surface area contributed by atoms with Crippen LogP contribution in [0.1, 0.15) is 18.7 Å². The van der Waals surface area contributed by atoms with E-state index in [0.717, 1.165) is 0 Å².